The lowest BCUT2D eigenvalue weighted by atomic mass is 9.84. The van der Waals surface area contributed by atoms with Gasteiger partial charge in [-0.25, -0.2) is 0 Å². The molecule has 264 valence electrons. The van der Waals surface area contributed by atoms with E-state index in [1.54, 1.807) is 0 Å². The van der Waals surface area contributed by atoms with Gasteiger partial charge >= 0.3 is 0 Å². The van der Waals surface area contributed by atoms with Gasteiger partial charge in [-0.3, -0.25) is 0 Å². The van der Waals surface area contributed by atoms with Crippen LogP contribution in [0.3, 0.4) is 0 Å². The third-order valence-electron chi connectivity index (χ3n) is 8.59. The Bertz CT molecular complexity index is 1730. The van der Waals surface area contributed by atoms with Crippen molar-refractivity contribution in [2.24, 2.45) is 20.5 Å². The Balaban J connectivity index is 1.48. The van der Waals surface area contributed by atoms with E-state index in [1.807, 2.05) is 91.0 Å². The molecule has 2 aliphatic rings. The zero-order valence-corrected chi connectivity index (χ0v) is 27.3. The quantitative estimate of drug-likeness (QED) is 0.0938. The van der Waals surface area contributed by atoms with Gasteiger partial charge in [0, 0.05) is 19.6 Å². The second kappa shape index (κ2) is 19.2. The molecule has 18 nitrogen and oxygen atoms in total. The molecule has 51 heavy (non-hydrogen) atoms. The van der Waals surface area contributed by atoms with Crippen LogP contribution in [0.2, 0.25) is 0 Å². The van der Waals surface area contributed by atoms with Crippen molar-refractivity contribution < 1.29 is 28.8 Å². The summed E-state index contributed by atoms with van der Waals surface area (Å²) in [5, 5.41) is 27.2. The fraction of sp³-hybridized carbons (Fsp3) is 0.455. The summed E-state index contributed by atoms with van der Waals surface area (Å²) < 4.78 is 31.6. The van der Waals surface area contributed by atoms with E-state index < -0.39 is 61.0 Å². The first-order valence-corrected chi connectivity index (χ1v) is 16.1. The zero-order chi connectivity index (χ0) is 35.8. The molecule has 1 saturated carbocycles. The van der Waals surface area contributed by atoms with E-state index in [-0.39, 0.29) is 32.8 Å². The molecule has 1 aliphatic heterocycles. The van der Waals surface area contributed by atoms with Gasteiger partial charge in [0.15, 0.2) is 6.29 Å². The Morgan fingerprint density at radius 3 is 1.57 bits per heavy atom. The van der Waals surface area contributed by atoms with E-state index in [0.717, 1.165) is 16.7 Å². The van der Waals surface area contributed by atoms with Crippen molar-refractivity contribution in [1.82, 2.24) is 0 Å². The average molecular weight is 697 g/mol. The Labute approximate surface area is 292 Å². The molecule has 0 aromatic heterocycles. The molecule has 1 heterocycles. The van der Waals surface area contributed by atoms with E-state index in [2.05, 4.69) is 40.1 Å². The summed E-state index contributed by atoms with van der Waals surface area (Å²) in [5.41, 5.74) is 40.2. The normalized spacial score (nSPS) is 28.6. The van der Waals surface area contributed by atoms with Gasteiger partial charge in [0.1, 0.15) is 24.4 Å². The van der Waals surface area contributed by atoms with Crippen LogP contribution in [0.15, 0.2) is 111 Å². The molecular weight excluding hydrogens is 660 g/mol. The first kappa shape index (κ1) is 36.9. The number of rotatable bonds is 16. The maximum Gasteiger partial charge on any atom is 0.169 e. The fourth-order valence-electron chi connectivity index (χ4n) is 6.19. The van der Waals surface area contributed by atoms with Gasteiger partial charge in [-0.15, -0.1) is 0 Å². The molecule has 10 atom stereocenters. The third-order valence-corrected chi connectivity index (χ3v) is 8.59. The zero-order valence-electron chi connectivity index (χ0n) is 27.3. The molecule has 0 amide bonds. The van der Waals surface area contributed by atoms with Crippen LogP contribution in [0.5, 0.6) is 0 Å². The van der Waals surface area contributed by atoms with Crippen LogP contribution < -0.4 is 0 Å². The van der Waals surface area contributed by atoms with Crippen LogP contribution >= 0.6 is 0 Å². The van der Waals surface area contributed by atoms with Crippen LogP contribution in [-0.2, 0) is 43.5 Å². The molecule has 1 N–H and O–H groups in total. The van der Waals surface area contributed by atoms with E-state index in [9.17, 15) is 27.2 Å². The Morgan fingerprint density at radius 2 is 1.08 bits per heavy atom. The lowest BCUT2D eigenvalue weighted by Crippen LogP contribution is -2.63. The first-order chi connectivity index (χ1) is 25.1. The number of hydrogen-bond donors (Lipinski definition) is 1. The van der Waals surface area contributed by atoms with Crippen LogP contribution in [0, 0.1) is 0 Å². The van der Waals surface area contributed by atoms with Gasteiger partial charge in [-0.2, -0.15) is 0 Å². The van der Waals surface area contributed by atoms with E-state index in [0.29, 0.717) is 0 Å². The highest BCUT2D eigenvalue weighted by molar-refractivity contribution is 5.16. The molecular formula is C33H36N12O6. The second-order valence-corrected chi connectivity index (χ2v) is 11.8. The van der Waals surface area contributed by atoms with Crippen LogP contribution in [0.25, 0.3) is 41.8 Å². The third kappa shape index (κ3) is 9.89. The molecule has 1 aliphatic carbocycles. The van der Waals surface area contributed by atoms with Gasteiger partial charge < -0.3 is 28.8 Å². The van der Waals surface area contributed by atoms with E-state index in [1.165, 1.54) is 0 Å². The number of aliphatic hydroxyl groups is 1. The lowest BCUT2D eigenvalue weighted by molar-refractivity contribution is -0.301. The topological polar surface area (TPSA) is 261 Å². The van der Waals surface area contributed by atoms with Gasteiger partial charge in [0.2, 0.25) is 0 Å². The Hall–Kier alpha value is -5.34. The maximum absolute atomic E-state index is 11.7. The fourth-order valence-corrected chi connectivity index (χ4v) is 6.19. The van der Waals surface area contributed by atoms with Gasteiger partial charge in [0.05, 0.1) is 56.8 Å². The Morgan fingerprint density at radius 1 is 0.608 bits per heavy atom. The molecule has 3 aromatic rings. The van der Waals surface area contributed by atoms with Crippen molar-refractivity contribution in [2.45, 2.75) is 87.3 Å². The standard InChI is InChI=1S/C33H36N12O6/c34-42-38-17-26-31(48-19-22-12-6-2-7-13-22)32(49-20-23-14-8-3-9-15-23)27(41-45-37)33(50-26)51-30-25(40-44-36)16-24(39-43-35)29(28(30)46)47-18-21-10-4-1-5-11-21/h1-15,24-33,46H,16-20H2/t24-,25+,26-,27-,28-,29+,30-,31-,32-,33-/m1/s1. The highest BCUT2D eigenvalue weighted by Gasteiger charge is 2.52. The molecule has 2 fully saturated rings. The molecule has 0 unspecified atom stereocenters. The largest absolute Gasteiger partial charge is 0.388 e. The second-order valence-electron chi connectivity index (χ2n) is 11.8. The van der Waals surface area contributed by atoms with Gasteiger partial charge in [0.25, 0.3) is 0 Å². The summed E-state index contributed by atoms with van der Waals surface area (Å²) in [5.74, 6) is 0. The monoisotopic (exact) mass is 696 g/mol. The number of nitrogens with zero attached hydrogens (tertiary/aromatic N) is 12. The highest BCUT2D eigenvalue weighted by atomic mass is 16.7. The predicted octanol–water partition coefficient (Wildman–Crippen LogP) is 6.96. The minimum atomic E-state index is -1.50. The van der Waals surface area contributed by atoms with Crippen molar-refractivity contribution in [3.05, 3.63) is 149 Å². The van der Waals surface area contributed by atoms with Crippen molar-refractivity contribution in [2.75, 3.05) is 6.54 Å². The lowest BCUT2D eigenvalue weighted by Gasteiger charge is -2.48. The van der Waals surface area contributed by atoms with Crippen molar-refractivity contribution in [3.63, 3.8) is 0 Å². The molecule has 18 heteroatoms. The SMILES string of the molecule is [N-]=[N+]=NC[C@H]1O[C@H](O[C@H]2[C@H](O)[C@@H](OCc3ccccc3)[C@H](N=[N+]=[N-])C[C@@H]2N=[N+]=[N-])[C@H](N=[N+]=[N-])[C@@H](OCc2ccccc2)[C@@H]1OCc1ccccc1. The van der Waals surface area contributed by atoms with E-state index >= 15 is 0 Å². The number of azide groups is 4. The van der Waals surface area contributed by atoms with Crippen LogP contribution in [-0.4, -0.2) is 72.7 Å². The summed E-state index contributed by atoms with van der Waals surface area (Å²) in [7, 11) is 0. The minimum Gasteiger partial charge on any atom is -0.388 e. The maximum atomic E-state index is 11.7. The minimum absolute atomic E-state index is 0.0346. The molecule has 0 radical (unpaired) electrons. The number of ether oxygens (including phenoxy) is 5. The molecule has 0 bridgehead atoms. The Kier molecular flexibility index (Phi) is 13.9. The molecule has 0 spiro atoms. The summed E-state index contributed by atoms with van der Waals surface area (Å²) in [6.07, 6.45) is -8.23. The van der Waals surface area contributed by atoms with Crippen LogP contribution in [0.1, 0.15) is 23.1 Å². The first-order valence-electron chi connectivity index (χ1n) is 16.1. The number of benzene rings is 3. The highest BCUT2D eigenvalue weighted by Crippen LogP contribution is 2.36. The average Bonchev–Trinajstić information content (AvgIpc) is 3.16. The number of aliphatic hydroxyl groups excluding tert-OH is 1. The van der Waals surface area contributed by atoms with Crippen molar-refractivity contribution >= 4 is 0 Å². The van der Waals surface area contributed by atoms with Gasteiger partial charge in [-0.05, 0) is 45.2 Å². The van der Waals surface area contributed by atoms with Crippen molar-refractivity contribution in [1.29, 1.82) is 0 Å². The van der Waals surface area contributed by atoms with E-state index in [4.69, 9.17) is 23.7 Å². The summed E-state index contributed by atoms with van der Waals surface area (Å²) in [4.78, 5) is 11.8. The number of hydrogen-bond acceptors (Lipinski definition) is 10. The van der Waals surface area contributed by atoms with Gasteiger partial charge in [-0.1, -0.05) is 111 Å². The summed E-state index contributed by atoms with van der Waals surface area (Å²) in [6, 6.07) is 24.7. The van der Waals surface area contributed by atoms with Crippen LogP contribution in [0.4, 0.5) is 0 Å². The summed E-state index contributed by atoms with van der Waals surface area (Å²) >= 11 is 0. The summed E-state index contributed by atoms with van der Waals surface area (Å²) in [6.45, 7) is 0.0810. The predicted molar refractivity (Wildman–Crippen MR) is 182 cm³/mol. The smallest absolute Gasteiger partial charge is 0.169 e. The molecule has 1 saturated heterocycles. The molecule has 5 rings (SSSR count). The molecule has 3 aromatic carbocycles. The van der Waals surface area contributed by atoms with Crippen molar-refractivity contribution in [3.8, 4) is 0 Å².